The summed E-state index contributed by atoms with van der Waals surface area (Å²) in [6.07, 6.45) is -5.06. The predicted octanol–water partition coefficient (Wildman–Crippen LogP) is 4.91. The average Bonchev–Trinajstić information content (AvgIpc) is 2.53. The maximum Gasteiger partial charge on any atom is 0.416 e. The van der Waals surface area contributed by atoms with Gasteiger partial charge in [0, 0.05) is 9.13 Å². The average molecular weight is 444 g/mol. The first-order valence-corrected chi connectivity index (χ1v) is 7.99. The summed E-state index contributed by atoms with van der Waals surface area (Å²) < 4.78 is 43.4. The molecule has 0 aliphatic carbocycles. The topological polar surface area (TPSA) is 26.3 Å². The summed E-state index contributed by atoms with van der Waals surface area (Å²) in [4.78, 5) is 12.0. The quantitative estimate of drug-likeness (QED) is 0.374. The fourth-order valence-corrected chi connectivity index (χ4v) is 2.42. The van der Waals surface area contributed by atoms with Crippen molar-refractivity contribution in [2.75, 3.05) is 0 Å². The molecule has 2 aromatic carbocycles. The van der Waals surface area contributed by atoms with Gasteiger partial charge in [-0.1, -0.05) is 24.0 Å². The molecule has 1 unspecified atom stereocenters. The van der Waals surface area contributed by atoms with Crippen LogP contribution in [0.2, 0.25) is 0 Å². The molecule has 0 fully saturated rings. The van der Waals surface area contributed by atoms with Crippen molar-refractivity contribution in [3.8, 4) is 11.8 Å². The predicted molar refractivity (Wildman–Crippen MR) is 92.4 cm³/mol. The molecule has 1 atom stereocenters. The van der Waals surface area contributed by atoms with E-state index in [1.54, 1.807) is 25.1 Å². The number of ether oxygens (including phenoxy) is 1. The Labute approximate surface area is 151 Å². The molecule has 2 aromatic rings. The van der Waals surface area contributed by atoms with E-state index in [9.17, 15) is 18.0 Å². The molecule has 0 amide bonds. The van der Waals surface area contributed by atoms with Gasteiger partial charge in [-0.3, -0.25) is 0 Å². The number of halogens is 4. The molecule has 0 N–H and O–H groups in total. The zero-order chi connectivity index (χ0) is 17.7. The highest BCUT2D eigenvalue weighted by Gasteiger charge is 2.29. The van der Waals surface area contributed by atoms with Crippen LogP contribution in [0.1, 0.15) is 28.4 Å². The van der Waals surface area contributed by atoms with E-state index in [1.807, 2.05) is 28.7 Å². The zero-order valence-electron chi connectivity index (χ0n) is 12.5. The van der Waals surface area contributed by atoms with E-state index in [2.05, 4.69) is 11.8 Å². The smallest absolute Gasteiger partial charge is 0.416 e. The van der Waals surface area contributed by atoms with Crippen molar-refractivity contribution in [2.45, 2.75) is 19.2 Å². The monoisotopic (exact) mass is 444 g/mol. The first-order valence-electron chi connectivity index (χ1n) is 6.91. The minimum Gasteiger partial charge on any atom is -0.446 e. The van der Waals surface area contributed by atoms with Gasteiger partial charge in [0.1, 0.15) is 0 Å². The maximum absolute atomic E-state index is 12.5. The number of carbonyl (C=O) groups is 1. The summed E-state index contributed by atoms with van der Waals surface area (Å²) in [5.74, 6) is 4.91. The lowest BCUT2D eigenvalue weighted by Gasteiger charge is -2.08. The van der Waals surface area contributed by atoms with Crippen LogP contribution in [0.25, 0.3) is 0 Å². The summed E-state index contributed by atoms with van der Waals surface area (Å²) in [5.41, 5.74) is 0.132. The Morgan fingerprint density at radius 1 is 1.12 bits per heavy atom. The first-order chi connectivity index (χ1) is 11.3. The van der Waals surface area contributed by atoms with Crippen LogP contribution in [-0.4, -0.2) is 12.1 Å². The van der Waals surface area contributed by atoms with Crippen molar-refractivity contribution in [1.29, 1.82) is 0 Å². The van der Waals surface area contributed by atoms with E-state index in [0.29, 0.717) is 11.1 Å². The van der Waals surface area contributed by atoms with Crippen LogP contribution in [0.5, 0.6) is 0 Å². The molecule has 124 valence electrons. The number of hydrogen-bond acceptors (Lipinski definition) is 2. The molecule has 0 aromatic heterocycles. The molecule has 2 nitrogen and oxygen atoms in total. The summed E-state index contributed by atoms with van der Waals surface area (Å²) in [6.45, 7) is 1.60. The molecule has 0 spiro atoms. The number of benzene rings is 2. The third kappa shape index (κ3) is 4.99. The molecule has 0 aliphatic heterocycles. The summed E-state index contributed by atoms with van der Waals surface area (Å²) in [5, 5.41) is 0. The van der Waals surface area contributed by atoms with Gasteiger partial charge in [0.15, 0.2) is 6.10 Å². The van der Waals surface area contributed by atoms with Gasteiger partial charge in [0.25, 0.3) is 0 Å². The largest absolute Gasteiger partial charge is 0.446 e. The summed E-state index contributed by atoms with van der Waals surface area (Å²) >= 11 is 2.03. The normalized spacial score (nSPS) is 12.0. The van der Waals surface area contributed by atoms with Crippen molar-refractivity contribution >= 4 is 28.6 Å². The molecule has 0 saturated carbocycles. The molecular formula is C18H12F3IO2. The standard InChI is InChI=1S/C18H12F3IO2/c1-12(24-17(23)15-4-2-3-5-16(15)22)6-7-13-8-10-14(11-9-13)18(19,20)21/h2-5,8-12H,1H3. The van der Waals surface area contributed by atoms with E-state index in [-0.39, 0.29) is 0 Å². The van der Waals surface area contributed by atoms with E-state index in [4.69, 9.17) is 4.74 Å². The summed E-state index contributed by atoms with van der Waals surface area (Å²) in [7, 11) is 0. The maximum atomic E-state index is 12.5. The molecule has 0 bridgehead atoms. The second-order valence-corrected chi connectivity index (χ2v) is 6.03. The molecule has 0 saturated heterocycles. The lowest BCUT2D eigenvalue weighted by atomic mass is 10.1. The first kappa shape index (κ1) is 18.3. The molecule has 0 aliphatic rings. The van der Waals surface area contributed by atoms with Gasteiger partial charge in [-0.15, -0.1) is 0 Å². The third-order valence-corrected chi connectivity index (χ3v) is 3.95. The van der Waals surface area contributed by atoms with Gasteiger partial charge < -0.3 is 4.74 Å². The van der Waals surface area contributed by atoms with Gasteiger partial charge >= 0.3 is 12.1 Å². The highest BCUT2D eigenvalue weighted by molar-refractivity contribution is 14.1. The number of alkyl halides is 3. The molecule has 2 rings (SSSR count). The van der Waals surface area contributed by atoms with Crippen LogP contribution in [0.15, 0.2) is 48.5 Å². The van der Waals surface area contributed by atoms with Crippen molar-refractivity contribution in [3.05, 3.63) is 68.8 Å². The van der Waals surface area contributed by atoms with Gasteiger partial charge in [-0.2, -0.15) is 13.2 Å². The van der Waals surface area contributed by atoms with Crippen LogP contribution in [-0.2, 0) is 10.9 Å². The Kier molecular flexibility index (Phi) is 5.89. The van der Waals surface area contributed by atoms with E-state index < -0.39 is 23.8 Å². The second-order valence-electron chi connectivity index (χ2n) is 4.87. The van der Waals surface area contributed by atoms with Gasteiger partial charge in [-0.25, -0.2) is 4.79 Å². The van der Waals surface area contributed by atoms with E-state index in [1.165, 1.54) is 12.1 Å². The number of hydrogen-bond donors (Lipinski definition) is 0. The van der Waals surface area contributed by atoms with Crippen LogP contribution in [0.3, 0.4) is 0 Å². The van der Waals surface area contributed by atoms with Gasteiger partial charge in [-0.05, 0) is 65.9 Å². The van der Waals surface area contributed by atoms with Gasteiger partial charge in [0.05, 0.1) is 11.1 Å². The van der Waals surface area contributed by atoms with Crippen molar-refractivity contribution in [2.24, 2.45) is 0 Å². The molecule has 6 heteroatoms. The lowest BCUT2D eigenvalue weighted by molar-refractivity contribution is -0.137. The number of esters is 1. The second kappa shape index (κ2) is 7.71. The zero-order valence-corrected chi connectivity index (χ0v) is 14.7. The third-order valence-electron chi connectivity index (χ3n) is 3.01. The molecule has 0 heterocycles. The van der Waals surface area contributed by atoms with Crippen LogP contribution in [0.4, 0.5) is 13.2 Å². The Morgan fingerprint density at radius 3 is 2.33 bits per heavy atom. The Bertz CT molecular complexity index is 786. The van der Waals surface area contributed by atoms with Crippen molar-refractivity contribution < 1.29 is 22.7 Å². The van der Waals surface area contributed by atoms with E-state index in [0.717, 1.165) is 15.7 Å². The Hall–Kier alpha value is -2.01. The van der Waals surface area contributed by atoms with Crippen molar-refractivity contribution in [1.82, 2.24) is 0 Å². The fraction of sp³-hybridized carbons (Fsp3) is 0.167. The van der Waals surface area contributed by atoms with Gasteiger partial charge in [0.2, 0.25) is 0 Å². The van der Waals surface area contributed by atoms with Crippen LogP contribution in [0, 0.1) is 15.4 Å². The number of carbonyl (C=O) groups excluding carboxylic acids is 1. The molecule has 0 radical (unpaired) electrons. The fourth-order valence-electron chi connectivity index (χ4n) is 1.81. The van der Waals surface area contributed by atoms with Crippen LogP contribution < -0.4 is 0 Å². The van der Waals surface area contributed by atoms with E-state index >= 15 is 0 Å². The minimum atomic E-state index is -4.37. The molecular weight excluding hydrogens is 432 g/mol. The highest BCUT2D eigenvalue weighted by atomic mass is 127. The Balaban J connectivity index is 2.03. The lowest BCUT2D eigenvalue weighted by Crippen LogP contribution is -2.14. The van der Waals surface area contributed by atoms with Crippen LogP contribution >= 0.6 is 22.6 Å². The Morgan fingerprint density at radius 2 is 1.75 bits per heavy atom. The minimum absolute atomic E-state index is 0.417. The summed E-state index contributed by atoms with van der Waals surface area (Å²) in [6, 6.07) is 11.5. The molecule has 24 heavy (non-hydrogen) atoms. The number of rotatable bonds is 2. The highest BCUT2D eigenvalue weighted by Crippen LogP contribution is 2.28. The van der Waals surface area contributed by atoms with Crippen molar-refractivity contribution in [3.63, 3.8) is 0 Å². The SMILES string of the molecule is CC(C#Cc1ccc(C(F)(F)F)cc1)OC(=O)c1ccccc1I.